The molecule has 3 rings (SSSR count). The van der Waals surface area contributed by atoms with Crippen molar-refractivity contribution in [2.75, 3.05) is 7.05 Å². The van der Waals surface area contributed by atoms with Gasteiger partial charge in [0.1, 0.15) is 0 Å². The lowest BCUT2D eigenvalue weighted by molar-refractivity contribution is 0.0785. The standard InChI is InChI=1S/C24H23ClN2O4S/c1-17(28)20-10-12-23(13-11-20)32(30,31)26-15-18-6-8-21(9-7-18)24(29)27(2)16-19-4-3-5-22(25)14-19/h3-14,26H,15-16H2,1-2H3. The molecule has 0 atom stereocenters. The Bertz CT molecular complexity index is 1220. The zero-order valence-corrected chi connectivity index (χ0v) is 19.3. The van der Waals surface area contributed by atoms with Crippen LogP contribution < -0.4 is 4.72 Å². The van der Waals surface area contributed by atoms with Crippen LogP contribution in [-0.4, -0.2) is 32.1 Å². The van der Waals surface area contributed by atoms with Crippen molar-refractivity contribution in [3.8, 4) is 0 Å². The predicted molar refractivity (Wildman–Crippen MR) is 124 cm³/mol. The van der Waals surface area contributed by atoms with Crippen LogP contribution in [0.5, 0.6) is 0 Å². The Morgan fingerprint density at radius 2 is 1.53 bits per heavy atom. The number of carbonyl (C=O) groups excluding carboxylic acids is 2. The number of hydrogen-bond donors (Lipinski definition) is 1. The third kappa shape index (κ3) is 6.03. The van der Waals surface area contributed by atoms with Crippen LogP contribution >= 0.6 is 11.6 Å². The number of hydrogen-bond acceptors (Lipinski definition) is 4. The van der Waals surface area contributed by atoms with Gasteiger partial charge in [-0.15, -0.1) is 0 Å². The fourth-order valence-electron chi connectivity index (χ4n) is 3.10. The van der Waals surface area contributed by atoms with Crippen LogP contribution in [0.3, 0.4) is 0 Å². The molecule has 8 heteroatoms. The van der Waals surface area contributed by atoms with Crippen LogP contribution in [0.4, 0.5) is 0 Å². The Kier molecular flexibility index (Phi) is 7.45. The van der Waals surface area contributed by atoms with Crippen LogP contribution in [0.25, 0.3) is 0 Å². The molecular formula is C24H23ClN2O4S. The molecule has 0 heterocycles. The molecule has 0 fully saturated rings. The number of nitrogens with zero attached hydrogens (tertiary/aromatic N) is 1. The summed E-state index contributed by atoms with van der Waals surface area (Å²) in [5, 5.41) is 0.616. The Morgan fingerprint density at radius 1 is 0.906 bits per heavy atom. The zero-order chi connectivity index (χ0) is 23.3. The van der Waals surface area contributed by atoms with Crippen molar-refractivity contribution < 1.29 is 18.0 Å². The number of rotatable bonds is 8. The second kappa shape index (κ2) is 10.1. The third-order valence-corrected chi connectivity index (χ3v) is 6.55. The van der Waals surface area contributed by atoms with Gasteiger partial charge in [0.15, 0.2) is 5.78 Å². The minimum absolute atomic E-state index is 0.0730. The molecule has 0 aliphatic heterocycles. The van der Waals surface area contributed by atoms with Gasteiger partial charge in [0, 0.05) is 36.3 Å². The molecule has 3 aromatic carbocycles. The molecule has 0 aliphatic carbocycles. The molecule has 1 amide bonds. The van der Waals surface area contributed by atoms with Gasteiger partial charge in [-0.2, -0.15) is 0 Å². The Morgan fingerprint density at radius 3 is 2.12 bits per heavy atom. The summed E-state index contributed by atoms with van der Waals surface area (Å²) in [4.78, 5) is 25.7. The van der Waals surface area contributed by atoms with Gasteiger partial charge in [0.2, 0.25) is 10.0 Å². The van der Waals surface area contributed by atoms with Crippen LogP contribution in [0.15, 0.2) is 77.7 Å². The minimum Gasteiger partial charge on any atom is -0.337 e. The summed E-state index contributed by atoms with van der Waals surface area (Å²) in [6, 6.07) is 19.9. The average Bonchev–Trinajstić information content (AvgIpc) is 2.77. The number of carbonyl (C=O) groups is 2. The van der Waals surface area contributed by atoms with Crippen molar-refractivity contribution in [2.45, 2.75) is 24.9 Å². The first-order valence-corrected chi connectivity index (χ1v) is 11.7. The van der Waals surface area contributed by atoms with E-state index in [2.05, 4.69) is 4.72 Å². The lowest BCUT2D eigenvalue weighted by Gasteiger charge is -2.18. The molecular weight excluding hydrogens is 448 g/mol. The van der Waals surface area contributed by atoms with E-state index in [0.717, 1.165) is 5.56 Å². The lowest BCUT2D eigenvalue weighted by atomic mass is 10.1. The monoisotopic (exact) mass is 470 g/mol. The highest BCUT2D eigenvalue weighted by atomic mass is 35.5. The average molecular weight is 471 g/mol. The van der Waals surface area contributed by atoms with Crippen molar-refractivity contribution in [1.29, 1.82) is 0 Å². The molecule has 32 heavy (non-hydrogen) atoms. The highest BCUT2D eigenvalue weighted by Gasteiger charge is 2.15. The maximum Gasteiger partial charge on any atom is 0.253 e. The molecule has 3 aromatic rings. The van der Waals surface area contributed by atoms with Crippen LogP contribution in [-0.2, 0) is 23.1 Å². The smallest absolute Gasteiger partial charge is 0.253 e. The number of Topliss-reactive ketones (excluding diaryl/α,β-unsaturated/α-hetero) is 1. The van der Waals surface area contributed by atoms with E-state index in [-0.39, 0.29) is 23.1 Å². The quantitative estimate of drug-likeness (QED) is 0.498. The molecule has 1 N–H and O–H groups in total. The van der Waals surface area contributed by atoms with E-state index in [1.54, 1.807) is 42.3 Å². The van der Waals surface area contributed by atoms with Gasteiger partial charge in [-0.25, -0.2) is 13.1 Å². The summed E-state index contributed by atoms with van der Waals surface area (Å²) in [5.41, 5.74) is 2.59. The summed E-state index contributed by atoms with van der Waals surface area (Å²) in [6.45, 7) is 1.91. The van der Waals surface area contributed by atoms with Gasteiger partial charge in [-0.1, -0.05) is 48.0 Å². The molecule has 0 bridgehead atoms. The lowest BCUT2D eigenvalue weighted by Crippen LogP contribution is -2.26. The van der Waals surface area contributed by atoms with E-state index in [4.69, 9.17) is 11.6 Å². The number of amides is 1. The normalized spacial score (nSPS) is 11.2. The highest BCUT2D eigenvalue weighted by molar-refractivity contribution is 7.89. The fraction of sp³-hybridized carbons (Fsp3) is 0.167. The summed E-state index contributed by atoms with van der Waals surface area (Å²) in [6.07, 6.45) is 0. The Hall–Kier alpha value is -3.00. The highest BCUT2D eigenvalue weighted by Crippen LogP contribution is 2.15. The SMILES string of the molecule is CC(=O)c1ccc(S(=O)(=O)NCc2ccc(C(=O)N(C)Cc3cccc(Cl)c3)cc2)cc1. The van der Waals surface area contributed by atoms with Crippen molar-refractivity contribution in [3.05, 3.63) is 100 Å². The van der Waals surface area contributed by atoms with E-state index in [1.165, 1.54) is 31.2 Å². The number of ketones is 1. The van der Waals surface area contributed by atoms with Crippen molar-refractivity contribution in [2.24, 2.45) is 0 Å². The molecule has 0 saturated heterocycles. The molecule has 166 valence electrons. The van der Waals surface area contributed by atoms with Gasteiger partial charge in [0.05, 0.1) is 4.90 Å². The van der Waals surface area contributed by atoms with Gasteiger partial charge >= 0.3 is 0 Å². The fourth-order valence-corrected chi connectivity index (χ4v) is 4.33. The van der Waals surface area contributed by atoms with Gasteiger partial charge < -0.3 is 4.90 Å². The first kappa shape index (κ1) is 23.7. The van der Waals surface area contributed by atoms with E-state index in [9.17, 15) is 18.0 Å². The maximum atomic E-state index is 12.7. The van der Waals surface area contributed by atoms with Crippen molar-refractivity contribution in [1.82, 2.24) is 9.62 Å². The number of halogens is 1. The largest absolute Gasteiger partial charge is 0.337 e. The van der Waals surface area contributed by atoms with E-state index in [0.29, 0.717) is 28.3 Å². The number of benzene rings is 3. The van der Waals surface area contributed by atoms with Crippen molar-refractivity contribution >= 4 is 33.3 Å². The summed E-state index contributed by atoms with van der Waals surface area (Å²) >= 11 is 6.00. The van der Waals surface area contributed by atoms with Crippen LogP contribution in [0.1, 0.15) is 38.8 Å². The Balaban J connectivity index is 1.61. The summed E-state index contributed by atoms with van der Waals surface area (Å²) < 4.78 is 27.5. The van der Waals surface area contributed by atoms with Crippen LogP contribution in [0, 0.1) is 0 Å². The number of sulfonamides is 1. The van der Waals surface area contributed by atoms with Gasteiger partial charge in [-0.05, 0) is 54.4 Å². The topological polar surface area (TPSA) is 83.5 Å². The van der Waals surface area contributed by atoms with Crippen molar-refractivity contribution in [3.63, 3.8) is 0 Å². The number of nitrogens with one attached hydrogen (secondary N) is 1. The van der Waals surface area contributed by atoms with Crippen LogP contribution in [0.2, 0.25) is 5.02 Å². The molecule has 0 saturated carbocycles. The van der Waals surface area contributed by atoms with Gasteiger partial charge in [0.25, 0.3) is 5.91 Å². The second-order valence-electron chi connectivity index (χ2n) is 7.39. The molecule has 0 aromatic heterocycles. The minimum atomic E-state index is -3.73. The third-order valence-electron chi connectivity index (χ3n) is 4.89. The molecule has 0 aliphatic rings. The maximum absolute atomic E-state index is 12.7. The molecule has 0 unspecified atom stereocenters. The Labute approximate surface area is 192 Å². The summed E-state index contributed by atoms with van der Waals surface area (Å²) in [5.74, 6) is -0.280. The summed E-state index contributed by atoms with van der Waals surface area (Å²) in [7, 11) is -2.02. The molecule has 6 nitrogen and oxygen atoms in total. The predicted octanol–water partition coefficient (Wildman–Crippen LogP) is 4.29. The first-order valence-electron chi connectivity index (χ1n) is 9.85. The molecule has 0 radical (unpaired) electrons. The molecule has 0 spiro atoms. The van der Waals surface area contributed by atoms with Gasteiger partial charge in [-0.3, -0.25) is 9.59 Å². The van der Waals surface area contributed by atoms with E-state index >= 15 is 0 Å². The van der Waals surface area contributed by atoms with E-state index < -0.39 is 10.0 Å². The first-order chi connectivity index (χ1) is 15.2. The zero-order valence-electron chi connectivity index (χ0n) is 17.7. The van der Waals surface area contributed by atoms with E-state index in [1.807, 2.05) is 18.2 Å². The second-order valence-corrected chi connectivity index (χ2v) is 9.60.